The van der Waals surface area contributed by atoms with Crippen LogP contribution in [0.5, 0.6) is 0 Å². The highest BCUT2D eigenvalue weighted by Crippen LogP contribution is 2.20. The Bertz CT molecular complexity index is 732. The average molecular weight is 299 g/mol. The Hall–Kier alpha value is -1.52. The molecule has 0 atom stereocenters. The van der Waals surface area contributed by atoms with Gasteiger partial charge < -0.3 is 0 Å². The van der Waals surface area contributed by atoms with Crippen LogP contribution in [0.15, 0.2) is 33.9 Å². The number of H-pyrrole nitrogens is 1. The van der Waals surface area contributed by atoms with Crippen molar-refractivity contribution >= 4 is 23.2 Å². The van der Waals surface area contributed by atoms with Gasteiger partial charge in [-0.05, 0) is 18.1 Å². The third-order valence-corrected chi connectivity index (χ3v) is 3.38. The lowest BCUT2D eigenvalue weighted by atomic mass is 10.1. The van der Waals surface area contributed by atoms with Gasteiger partial charge in [0.05, 0.1) is 16.3 Å². The number of aromatic nitrogens is 2. The third kappa shape index (κ3) is 2.46. The molecule has 0 saturated heterocycles. The number of para-hydroxylation sites is 1. The Labute approximate surface area is 119 Å². The highest BCUT2D eigenvalue weighted by molar-refractivity contribution is 6.32. The van der Waals surface area contributed by atoms with Gasteiger partial charge in [-0.1, -0.05) is 49.2 Å². The minimum Gasteiger partial charge on any atom is -0.297 e. The van der Waals surface area contributed by atoms with Crippen molar-refractivity contribution in [3.05, 3.63) is 60.8 Å². The van der Waals surface area contributed by atoms with Crippen LogP contribution in [0.4, 0.5) is 0 Å². The Kier molecular flexibility index (Phi) is 3.83. The summed E-state index contributed by atoms with van der Waals surface area (Å²) in [6.07, 6.45) is 0. The first-order valence-electron chi connectivity index (χ1n) is 5.73. The zero-order valence-corrected chi connectivity index (χ0v) is 11.9. The van der Waals surface area contributed by atoms with E-state index in [0.29, 0.717) is 16.3 Å². The van der Waals surface area contributed by atoms with Gasteiger partial charge in [0.2, 0.25) is 0 Å². The van der Waals surface area contributed by atoms with Gasteiger partial charge >= 0.3 is 5.69 Å². The number of nitrogens with zero attached hydrogens (tertiary/aromatic N) is 1. The fourth-order valence-electron chi connectivity index (χ4n) is 1.88. The van der Waals surface area contributed by atoms with Gasteiger partial charge in [-0.25, -0.2) is 9.36 Å². The minimum atomic E-state index is -0.604. The molecule has 4 nitrogen and oxygen atoms in total. The molecule has 100 valence electrons. The van der Waals surface area contributed by atoms with E-state index in [-0.39, 0.29) is 11.1 Å². The Morgan fingerprint density at radius 1 is 1.16 bits per heavy atom. The lowest BCUT2D eigenvalue weighted by Crippen LogP contribution is -2.36. The molecular weight excluding hydrogens is 287 g/mol. The molecule has 0 spiro atoms. The van der Waals surface area contributed by atoms with Crippen LogP contribution in [-0.2, 0) is 0 Å². The van der Waals surface area contributed by atoms with E-state index < -0.39 is 11.2 Å². The van der Waals surface area contributed by atoms with Gasteiger partial charge in [0, 0.05) is 0 Å². The van der Waals surface area contributed by atoms with E-state index in [0.717, 1.165) is 4.57 Å². The summed E-state index contributed by atoms with van der Waals surface area (Å²) in [5.74, 6) is -0.106. The summed E-state index contributed by atoms with van der Waals surface area (Å²) < 4.78 is 1.00. The molecule has 1 N–H and O–H groups in total. The summed E-state index contributed by atoms with van der Waals surface area (Å²) in [5, 5.41) is 0.403. The molecule has 2 rings (SSSR count). The second kappa shape index (κ2) is 5.23. The van der Waals surface area contributed by atoms with E-state index in [1.165, 1.54) is 0 Å². The Morgan fingerprint density at radius 2 is 1.79 bits per heavy atom. The summed E-state index contributed by atoms with van der Waals surface area (Å²) in [6, 6.07) is 6.66. The van der Waals surface area contributed by atoms with Crippen molar-refractivity contribution in [3.63, 3.8) is 0 Å². The number of rotatable bonds is 2. The van der Waals surface area contributed by atoms with Gasteiger partial charge in [-0.3, -0.25) is 9.78 Å². The molecule has 0 aliphatic rings. The standard InChI is InChI=1S/C13H12Cl2N2O2/c1-7(2)10-11(15)16-13(19)17(12(10)18)9-6-4-3-5-8(9)14/h3-7H,1-2H3,(H,16,19). The zero-order chi connectivity index (χ0) is 14.2. The largest absolute Gasteiger partial charge is 0.334 e. The molecule has 1 aromatic carbocycles. The fourth-order valence-corrected chi connectivity index (χ4v) is 2.48. The SMILES string of the molecule is CC(C)c1c(Cl)[nH]c(=O)n(-c2ccccc2Cl)c1=O. The third-order valence-electron chi connectivity index (χ3n) is 2.76. The van der Waals surface area contributed by atoms with Crippen molar-refractivity contribution in [2.75, 3.05) is 0 Å². The highest BCUT2D eigenvalue weighted by Gasteiger charge is 2.17. The molecule has 19 heavy (non-hydrogen) atoms. The molecule has 0 unspecified atom stereocenters. The van der Waals surface area contributed by atoms with Crippen molar-refractivity contribution in [1.82, 2.24) is 9.55 Å². The first-order valence-corrected chi connectivity index (χ1v) is 6.48. The molecule has 0 radical (unpaired) electrons. The number of halogens is 2. The molecule has 0 amide bonds. The maximum atomic E-state index is 12.4. The topological polar surface area (TPSA) is 54.9 Å². The quantitative estimate of drug-likeness (QED) is 0.867. The van der Waals surface area contributed by atoms with Crippen LogP contribution >= 0.6 is 23.2 Å². The monoisotopic (exact) mass is 298 g/mol. The smallest absolute Gasteiger partial charge is 0.297 e. The normalized spacial score (nSPS) is 11.0. The Balaban J connectivity index is 2.87. The first kappa shape index (κ1) is 13.9. The van der Waals surface area contributed by atoms with Gasteiger partial charge in [-0.2, -0.15) is 0 Å². The molecule has 6 heteroatoms. The van der Waals surface area contributed by atoms with Crippen molar-refractivity contribution in [2.24, 2.45) is 0 Å². The molecule has 0 saturated carbocycles. The number of hydrogen-bond donors (Lipinski definition) is 1. The zero-order valence-electron chi connectivity index (χ0n) is 10.4. The second-order valence-corrected chi connectivity index (χ2v) is 5.19. The fraction of sp³-hybridized carbons (Fsp3) is 0.231. The van der Waals surface area contributed by atoms with Crippen LogP contribution < -0.4 is 11.2 Å². The van der Waals surface area contributed by atoms with Crippen LogP contribution in [-0.4, -0.2) is 9.55 Å². The van der Waals surface area contributed by atoms with Crippen LogP contribution in [0.1, 0.15) is 25.3 Å². The molecule has 0 fully saturated rings. The predicted molar refractivity (Wildman–Crippen MR) is 76.8 cm³/mol. The maximum Gasteiger partial charge on any atom is 0.334 e. The molecule has 1 aromatic heterocycles. The molecule has 0 aliphatic carbocycles. The van der Waals surface area contributed by atoms with E-state index >= 15 is 0 Å². The number of aromatic amines is 1. The predicted octanol–water partition coefficient (Wildman–Crippen LogP) is 2.96. The highest BCUT2D eigenvalue weighted by atomic mass is 35.5. The average Bonchev–Trinajstić information content (AvgIpc) is 2.30. The summed E-state index contributed by atoms with van der Waals surface area (Å²) in [4.78, 5) is 26.8. The molecule has 0 aliphatic heterocycles. The molecule has 0 bridgehead atoms. The van der Waals surface area contributed by atoms with Crippen LogP contribution in [0.2, 0.25) is 10.2 Å². The Morgan fingerprint density at radius 3 is 2.37 bits per heavy atom. The molecular formula is C13H12Cl2N2O2. The van der Waals surface area contributed by atoms with Gasteiger partial charge in [0.1, 0.15) is 5.15 Å². The van der Waals surface area contributed by atoms with Crippen molar-refractivity contribution in [3.8, 4) is 5.69 Å². The van der Waals surface area contributed by atoms with Crippen molar-refractivity contribution < 1.29 is 0 Å². The first-order chi connectivity index (χ1) is 8.93. The summed E-state index contributed by atoms with van der Waals surface area (Å²) in [6.45, 7) is 3.66. The lowest BCUT2D eigenvalue weighted by molar-refractivity contribution is 0.777. The summed E-state index contributed by atoms with van der Waals surface area (Å²) >= 11 is 12.0. The van der Waals surface area contributed by atoms with Crippen LogP contribution in [0, 0.1) is 0 Å². The number of hydrogen-bond acceptors (Lipinski definition) is 2. The van der Waals surface area contributed by atoms with Gasteiger partial charge in [0.15, 0.2) is 0 Å². The van der Waals surface area contributed by atoms with E-state index in [1.807, 2.05) is 13.8 Å². The van der Waals surface area contributed by atoms with E-state index in [9.17, 15) is 9.59 Å². The molecule has 2 aromatic rings. The van der Waals surface area contributed by atoms with Gasteiger partial charge in [-0.15, -0.1) is 0 Å². The van der Waals surface area contributed by atoms with Crippen LogP contribution in [0.25, 0.3) is 5.69 Å². The van der Waals surface area contributed by atoms with E-state index in [2.05, 4.69) is 4.98 Å². The van der Waals surface area contributed by atoms with Crippen molar-refractivity contribution in [2.45, 2.75) is 19.8 Å². The second-order valence-electron chi connectivity index (χ2n) is 4.40. The van der Waals surface area contributed by atoms with Crippen molar-refractivity contribution in [1.29, 1.82) is 0 Å². The van der Waals surface area contributed by atoms with Gasteiger partial charge in [0.25, 0.3) is 5.56 Å². The van der Waals surface area contributed by atoms with Crippen LogP contribution in [0.3, 0.4) is 0 Å². The number of nitrogens with one attached hydrogen (secondary N) is 1. The van der Waals surface area contributed by atoms with E-state index in [1.54, 1.807) is 24.3 Å². The maximum absolute atomic E-state index is 12.4. The van der Waals surface area contributed by atoms with E-state index in [4.69, 9.17) is 23.2 Å². The molecule has 1 heterocycles. The summed E-state index contributed by atoms with van der Waals surface area (Å²) in [7, 11) is 0. The lowest BCUT2D eigenvalue weighted by Gasteiger charge is -2.12. The number of benzene rings is 1. The minimum absolute atomic E-state index is 0.0771. The summed E-state index contributed by atoms with van der Waals surface area (Å²) in [5.41, 5.74) is -0.348.